The lowest BCUT2D eigenvalue weighted by molar-refractivity contribution is 0.0916. The molecule has 0 heterocycles. The molecule has 1 amide bonds. The van der Waals surface area contributed by atoms with Crippen LogP contribution >= 0.6 is 50.7 Å². The number of amides is 1. The van der Waals surface area contributed by atoms with Gasteiger partial charge >= 0.3 is 0 Å². The molecule has 0 spiro atoms. The Kier molecular flexibility index (Phi) is 6.12. The van der Waals surface area contributed by atoms with Gasteiger partial charge in [-0.05, 0) is 30.3 Å². The Morgan fingerprint density at radius 1 is 1.14 bits per heavy atom. The van der Waals surface area contributed by atoms with E-state index < -0.39 is 6.10 Å². The molecule has 0 fully saturated rings. The van der Waals surface area contributed by atoms with Crippen LogP contribution in [-0.2, 0) is 0 Å². The van der Waals surface area contributed by atoms with Gasteiger partial charge in [-0.15, -0.1) is 0 Å². The number of aliphatic hydroxyl groups is 1. The first kappa shape index (κ1) is 17.6. The summed E-state index contributed by atoms with van der Waals surface area (Å²) < 4.78 is 0.739. The Bertz CT molecular complexity index is 709. The average Bonchev–Trinajstić information content (AvgIpc) is 2.47. The van der Waals surface area contributed by atoms with Crippen LogP contribution in [-0.4, -0.2) is 17.6 Å². The molecule has 3 nitrogen and oxygen atoms in total. The SMILES string of the molecule is O=C(NCC(O)c1ccc(Cl)cc1Cl)c1cc(Br)ccc1Cl. The highest BCUT2D eigenvalue weighted by atomic mass is 79.9. The van der Waals surface area contributed by atoms with Crippen LogP contribution in [0.25, 0.3) is 0 Å². The number of nitrogens with one attached hydrogen (secondary N) is 1. The fourth-order valence-electron chi connectivity index (χ4n) is 1.84. The Hall–Kier alpha value is -0.780. The molecule has 0 aliphatic carbocycles. The van der Waals surface area contributed by atoms with Crippen molar-refractivity contribution in [3.05, 3.63) is 67.1 Å². The van der Waals surface area contributed by atoms with E-state index in [4.69, 9.17) is 34.8 Å². The van der Waals surface area contributed by atoms with Gasteiger partial charge in [-0.3, -0.25) is 4.79 Å². The van der Waals surface area contributed by atoms with Gasteiger partial charge in [0.15, 0.2) is 0 Å². The minimum atomic E-state index is -0.945. The fourth-order valence-corrected chi connectivity index (χ4v) is 2.94. The lowest BCUT2D eigenvalue weighted by Gasteiger charge is -2.14. The predicted molar refractivity (Wildman–Crippen MR) is 92.9 cm³/mol. The molecule has 0 saturated carbocycles. The molecule has 7 heteroatoms. The fraction of sp³-hybridized carbons (Fsp3) is 0.133. The summed E-state index contributed by atoms with van der Waals surface area (Å²) in [5.74, 6) is -0.379. The van der Waals surface area contributed by atoms with E-state index in [0.29, 0.717) is 26.2 Å². The summed E-state index contributed by atoms with van der Waals surface area (Å²) in [4.78, 5) is 12.1. The monoisotopic (exact) mass is 421 g/mol. The predicted octanol–water partition coefficient (Wildman–Crippen LogP) is 4.87. The summed E-state index contributed by atoms with van der Waals surface area (Å²) in [6.45, 7) is 0.00300. The molecule has 0 aromatic heterocycles. The maximum atomic E-state index is 12.1. The third kappa shape index (κ3) is 4.37. The number of hydrogen-bond acceptors (Lipinski definition) is 2. The summed E-state index contributed by atoms with van der Waals surface area (Å²) in [5.41, 5.74) is 0.817. The largest absolute Gasteiger partial charge is 0.387 e. The van der Waals surface area contributed by atoms with Crippen molar-refractivity contribution in [1.82, 2.24) is 5.32 Å². The molecule has 2 aromatic rings. The van der Waals surface area contributed by atoms with Gasteiger partial charge < -0.3 is 10.4 Å². The van der Waals surface area contributed by atoms with E-state index in [0.717, 1.165) is 4.47 Å². The van der Waals surface area contributed by atoms with Gasteiger partial charge in [0.25, 0.3) is 5.91 Å². The molecule has 1 unspecified atom stereocenters. The summed E-state index contributed by atoms with van der Waals surface area (Å²) in [6.07, 6.45) is -0.945. The molecule has 22 heavy (non-hydrogen) atoms. The summed E-state index contributed by atoms with van der Waals surface area (Å²) in [7, 11) is 0. The van der Waals surface area contributed by atoms with E-state index in [1.807, 2.05) is 0 Å². The van der Waals surface area contributed by atoms with Crippen molar-refractivity contribution in [2.45, 2.75) is 6.10 Å². The van der Waals surface area contributed by atoms with Crippen molar-refractivity contribution in [3.8, 4) is 0 Å². The first-order valence-corrected chi connectivity index (χ1v) is 8.17. The Balaban J connectivity index is 2.05. The standard InChI is InChI=1S/C15H11BrCl3NO2/c16-8-1-4-12(18)11(5-8)15(22)20-7-14(21)10-3-2-9(17)6-13(10)19/h1-6,14,21H,7H2,(H,20,22). The summed E-state index contributed by atoms with van der Waals surface area (Å²) in [5, 5.41) is 13.9. The van der Waals surface area contributed by atoms with Crippen LogP contribution in [0.2, 0.25) is 15.1 Å². The van der Waals surface area contributed by atoms with Crippen LogP contribution in [0.5, 0.6) is 0 Å². The van der Waals surface area contributed by atoms with Gasteiger partial charge in [-0.25, -0.2) is 0 Å². The van der Waals surface area contributed by atoms with Crippen LogP contribution in [0.3, 0.4) is 0 Å². The average molecular weight is 424 g/mol. The van der Waals surface area contributed by atoms with Gasteiger partial charge in [-0.1, -0.05) is 56.8 Å². The van der Waals surface area contributed by atoms with E-state index in [2.05, 4.69) is 21.2 Å². The van der Waals surface area contributed by atoms with E-state index in [9.17, 15) is 9.90 Å². The van der Waals surface area contributed by atoms with Crippen molar-refractivity contribution < 1.29 is 9.90 Å². The lowest BCUT2D eigenvalue weighted by atomic mass is 10.1. The van der Waals surface area contributed by atoms with Crippen molar-refractivity contribution in [2.75, 3.05) is 6.54 Å². The summed E-state index contributed by atoms with van der Waals surface area (Å²) >= 11 is 21.1. The number of halogens is 4. The molecule has 2 N–H and O–H groups in total. The lowest BCUT2D eigenvalue weighted by Crippen LogP contribution is -2.28. The zero-order valence-corrected chi connectivity index (χ0v) is 15.0. The molecule has 116 valence electrons. The van der Waals surface area contributed by atoms with Gasteiger partial charge in [-0.2, -0.15) is 0 Å². The number of rotatable bonds is 4. The number of hydrogen-bond donors (Lipinski definition) is 2. The van der Waals surface area contributed by atoms with E-state index >= 15 is 0 Å². The normalized spacial score (nSPS) is 12.0. The second-order valence-electron chi connectivity index (χ2n) is 4.52. The molecular formula is C15H11BrCl3NO2. The van der Waals surface area contributed by atoms with Crippen molar-refractivity contribution in [3.63, 3.8) is 0 Å². The molecule has 2 aromatic carbocycles. The molecule has 1 atom stereocenters. The number of carbonyl (C=O) groups excluding carboxylic acids is 1. The Morgan fingerprint density at radius 2 is 1.86 bits per heavy atom. The maximum Gasteiger partial charge on any atom is 0.252 e. The van der Waals surface area contributed by atoms with Crippen LogP contribution < -0.4 is 5.32 Å². The van der Waals surface area contributed by atoms with E-state index in [1.165, 1.54) is 6.07 Å². The first-order valence-electron chi connectivity index (χ1n) is 6.24. The minimum Gasteiger partial charge on any atom is -0.387 e. The highest BCUT2D eigenvalue weighted by molar-refractivity contribution is 9.10. The van der Waals surface area contributed by atoms with Gasteiger partial charge in [0, 0.05) is 26.6 Å². The molecule has 0 bridgehead atoms. The second kappa shape index (κ2) is 7.66. The highest BCUT2D eigenvalue weighted by Crippen LogP contribution is 2.26. The molecule has 0 aliphatic rings. The van der Waals surface area contributed by atoms with Gasteiger partial charge in [0.1, 0.15) is 0 Å². The van der Waals surface area contributed by atoms with Crippen molar-refractivity contribution >= 4 is 56.6 Å². The maximum absolute atomic E-state index is 12.1. The Labute approximate surface area is 151 Å². The number of aliphatic hydroxyl groups excluding tert-OH is 1. The van der Waals surface area contributed by atoms with Crippen molar-refractivity contribution in [2.24, 2.45) is 0 Å². The first-order chi connectivity index (χ1) is 10.4. The van der Waals surface area contributed by atoms with Gasteiger partial charge in [0.05, 0.1) is 16.7 Å². The smallest absolute Gasteiger partial charge is 0.252 e. The van der Waals surface area contributed by atoms with E-state index in [-0.39, 0.29) is 12.5 Å². The van der Waals surface area contributed by atoms with Crippen molar-refractivity contribution in [1.29, 1.82) is 0 Å². The quantitative estimate of drug-likeness (QED) is 0.737. The minimum absolute atomic E-state index is 0.00300. The third-order valence-electron chi connectivity index (χ3n) is 2.95. The molecule has 0 saturated heterocycles. The van der Waals surface area contributed by atoms with E-state index in [1.54, 1.807) is 30.3 Å². The highest BCUT2D eigenvalue weighted by Gasteiger charge is 2.15. The van der Waals surface area contributed by atoms with Crippen LogP contribution in [0.4, 0.5) is 0 Å². The number of benzene rings is 2. The van der Waals surface area contributed by atoms with Crippen LogP contribution in [0.15, 0.2) is 40.9 Å². The third-order valence-corrected chi connectivity index (χ3v) is 4.34. The molecule has 2 rings (SSSR count). The topological polar surface area (TPSA) is 49.3 Å². The van der Waals surface area contributed by atoms with Crippen LogP contribution in [0, 0.1) is 0 Å². The zero-order chi connectivity index (χ0) is 16.3. The molecule has 0 aliphatic heterocycles. The second-order valence-corrected chi connectivity index (χ2v) is 6.68. The van der Waals surface area contributed by atoms with Crippen LogP contribution in [0.1, 0.15) is 22.0 Å². The molecule has 0 radical (unpaired) electrons. The van der Waals surface area contributed by atoms with Gasteiger partial charge in [0.2, 0.25) is 0 Å². The Morgan fingerprint density at radius 3 is 2.55 bits per heavy atom. The number of carbonyl (C=O) groups is 1. The molecular weight excluding hydrogens is 412 g/mol. The zero-order valence-electron chi connectivity index (χ0n) is 11.1. The summed E-state index contributed by atoms with van der Waals surface area (Å²) in [6, 6.07) is 9.75.